The van der Waals surface area contributed by atoms with E-state index in [-0.39, 0.29) is 10.6 Å². The molecular formula is C13H19N3O4S. The lowest BCUT2D eigenvalue weighted by Crippen LogP contribution is -2.39. The van der Waals surface area contributed by atoms with E-state index in [9.17, 15) is 18.5 Å². The summed E-state index contributed by atoms with van der Waals surface area (Å²) in [6.07, 6.45) is 2.08. The number of hydrogen-bond donors (Lipinski definition) is 1. The molecular weight excluding hydrogens is 294 g/mol. The molecule has 1 aliphatic heterocycles. The van der Waals surface area contributed by atoms with Crippen LogP contribution in [0, 0.1) is 16.0 Å². The number of nitrogens with one attached hydrogen (secondary N) is 1. The molecule has 1 aromatic rings. The number of nitro benzene ring substituents is 1. The maximum atomic E-state index is 12.1. The minimum Gasteiger partial charge on any atom is -0.306 e. The minimum absolute atomic E-state index is 0.0530. The fraction of sp³-hybridized carbons (Fsp3) is 0.538. The van der Waals surface area contributed by atoms with Gasteiger partial charge in [-0.15, -0.1) is 0 Å². The molecule has 0 spiro atoms. The molecule has 0 radical (unpaired) electrons. The van der Waals surface area contributed by atoms with Gasteiger partial charge in [0.2, 0.25) is 10.0 Å². The summed E-state index contributed by atoms with van der Waals surface area (Å²) in [4.78, 5) is 12.2. The number of non-ortho nitro benzene ring substituents is 1. The molecule has 0 aliphatic carbocycles. The van der Waals surface area contributed by atoms with Crippen LogP contribution in [0.3, 0.4) is 0 Å². The summed E-state index contributed by atoms with van der Waals surface area (Å²) in [6.45, 7) is 2.32. The minimum atomic E-state index is -3.61. The summed E-state index contributed by atoms with van der Waals surface area (Å²) >= 11 is 0. The molecule has 1 aromatic carbocycles. The molecule has 1 atom stereocenters. The number of hydrogen-bond acceptors (Lipinski definition) is 5. The van der Waals surface area contributed by atoms with Crippen molar-refractivity contribution in [3.8, 4) is 0 Å². The number of sulfonamides is 1. The van der Waals surface area contributed by atoms with E-state index in [2.05, 4.69) is 9.62 Å². The Kier molecular flexibility index (Phi) is 4.92. The van der Waals surface area contributed by atoms with Crippen molar-refractivity contribution in [3.63, 3.8) is 0 Å². The second-order valence-corrected chi connectivity index (χ2v) is 7.14. The van der Waals surface area contributed by atoms with Crippen LogP contribution in [-0.4, -0.2) is 44.9 Å². The molecule has 0 bridgehead atoms. The van der Waals surface area contributed by atoms with E-state index in [1.54, 1.807) is 0 Å². The van der Waals surface area contributed by atoms with E-state index >= 15 is 0 Å². The summed E-state index contributed by atoms with van der Waals surface area (Å²) in [7, 11) is -1.59. The first-order valence-corrected chi connectivity index (χ1v) is 8.29. The predicted octanol–water partition coefficient (Wildman–Crippen LogP) is 1.21. The van der Waals surface area contributed by atoms with Crippen molar-refractivity contribution in [1.29, 1.82) is 0 Å². The first-order valence-electron chi connectivity index (χ1n) is 6.81. The highest BCUT2D eigenvalue weighted by Gasteiger charge is 2.21. The molecule has 1 heterocycles. The van der Waals surface area contributed by atoms with Crippen molar-refractivity contribution in [3.05, 3.63) is 34.4 Å². The van der Waals surface area contributed by atoms with Crippen LogP contribution < -0.4 is 4.72 Å². The van der Waals surface area contributed by atoms with Crippen LogP contribution in [0.15, 0.2) is 29.2 Å². The van der Waals surface area contributed by atoms with E-state index in [1.807, 2.05) is 7.05 Å². The molecule has 2 rings (SSSR count). The van der Waals surface area contributed by atoms with Crippen LogP contribution in [0.4, 0.5) is 5.69 Å². The third kappa shape index (κ3) is 4.23. The molecule has 0 saturated carbocycles. The zero-order valence-electron chi connectivity index (χ0n) is 11.9. The van der Waals surface area contributed by atoms with Crippen LogP contribution >= 0.6 is 0 Å². The molecule has 116 valence electrons. The Hall–Kier alpha value is -1.51. The van der Waals surface area contributed by atoms with E-state index in [0.717, 1.165) is 25.9 Å². The fourth-order valence-corrected chi connectivity index (χ4v) is 3.61. The van der Waals surface area contributed by atoms with Gasteiger partial charge in [0.25, 0.3) is 5.69 Å². The average Bonchev–Trinajstić information content (AvgIpc) is 2.45. The zero-order chi connectivity index (χ0) is 15.5. The summed E-state index contributed by atoms with van der Waals surface area (Å²) < 4.78 is 26.9. The van der Waals surface area contributed by atoms with Crippen LogP contribution in [0.25, 0.3) is 0 Å². The second kappa shape index (κ2) is 6.50. The smallest absolute Gasteiger partial charge is 0.269 e. The highest BCUT2D eigenvalue weighted by molar-refractivity contribution is 7.89. The van der Waals surface area contributed by atoms with Crippen molar-refractivity contribution in [2.45, 2.75) is 17.7 Å². The van der Waals surface area contributed by atoms with Gasteiger partial charge in [-0.25, -0.2) is 13.1 Å². The highest BCUT2D eigenvalue weighted by Crippen LogP contribution is 2.17. The molecule has 1 saturated heterocycles. The number of piperidine rings is 1. The number of nitrogens with zero attached hydrogens (tertiary/aromatic N) is 2. The zero-order valence-corrected chi connectivity index (χ0v) is 12.7. The van der Waals surface area contributed by atoms with Crippen molar-refractivity contribution in [2.75, 3.05) is 26.7 Å². The number of benzene rings is 1. The van der Waals surface area contributed by atoms with Gasteiger partial charge < -0.3 is 4.90 Å². The van der Waals surface area contributed by atoms with Gasteiger partial charge in [0.15, 0.2) is 0 Å². The Morgan fingerprint density at radius 3 is 2.62 bits per heavy atom. The maximum absolute atomic E-state index is 12.1. The van der Waals surface area contributed by atoms with Crippen molar-refractivity contribution in [2.24, 2.45) is 5.92 Å². The molecule has 1 fully saturated rings. The Bertz CT molecular complexity index is 600. The van der Waals surface area contributed by atoms with Gasteiger partial charge in [0, 0.05) is 25.2 Å². The normalized spacial score (nSPS) is 20.3. The molecule has 0 amide bonds. The Labute approximate surface area is 124 Å². The third-order valence-corrected chi connectivity index (χ3v) is 5.08. The number of rotatable bonds is 5. The third-order valence-electron chi connectivity index (χ3n) is 3.64. The first-order chi connectivity index (χ1) is 9.88. The van der Waals surface area contributed by atoms with Crippen LogP contribution in [0.1, 0.15) is 12.8 Å². The molecule has 0 unspecified atom stereocenters. The van der Waals surface area contributed by atoms with Gasteiger partial charge in [-0.3, -0.25) is 10.1 Å². The van der Waals surface area contributed by atoms with Gasteiger partial charge in [-0.2, -0.15) is 0 Å². The molecule has 21 heavy (non-hydrogen) atoms. The Morgan fingerprint density at radius 1 is 1.38 bits per heavy atom. The van der Waals surface area contributed by atoms with Crippen molar-refractivity contribution < 1.29 is 13.3 Å². The lowest BCUT2D eigenvalue weighted by molar-refractivity contribution is -0.384. The van der Waals surface area contributed by atoms with E-state index in [4.69, 9.17) is 0 Å². The Morgan fingerprint density at radius 2 is 2.05 bits per heavy atom. The van der Waals surface area contributed by atoms with E-state index < -0.39 is 14.9 Å². The molecule has 7 nitrogen and oxygen atoms in total. The van der Waals surface area contributed by atoms with Gasteiger partial charge >= 0.3 is 0 Å². The molecule has 0 aromatic heterocycles. The van der Waals surface area contributed by atoms with Crippen LogP contribution in [0.2, 0.25) is 0 Å². The lowest BCUT2D eigenvalue weighted by atomic mass is 9.99. The van der Waals surface area contributed by atoms with Gasteiger partial charge in [0.1, 0.15) is 0 Å². The summed E-state index contributed by atoms with van der Waals surface area (Å²) in [5, 5.41) is 10.6. The largest absolute Gasteiger partial charge is 0.306 e. The molecule has 1 N–H and O–H groups in total. The average molecular weight is 313 g/mol. The molecule has 1 aliphatic rings. The van der Waals surface area contributed by atoms with E-state index in [0.29, 0.717) is 12.5 Å². The first kappa shape index (κ1) is 15.9. The lowest BCUT2D eigenvalue weighted by Gasteiger charge is -2.29. The summed E-state index contributed by atoms with van der Waals surface area (Å²) in [6, 6.07) is 4.91. The van der Waals surface area contributed by atoms with Gasteiger partial charge in [-0.1, -0.05) is 0 Å². The highest BCUT2D eigenvalue weighted by atomic mass is 32.2. The summed E-state index contributed by atoms with van der Waals surface area (Å²) in [5.74, 6) is 0.302. The van der Waals surface area contributed by atoms with Gasteiger partial charge in [-0.05, 0) is 44.5 Å². The van der Waals surface area contributed by atoms with E-state index in [1.165, 1.54) is 24.3 Å². The summed E-state index contributed by atoms with van der Waals surface area (Å²) in [5.41, 5.74) is -0.122. The van der Waals surface area contributed by atoms with Crippen molar-refractivity contribution in [1.82, 2.24) is 9.62 Å². The standard InChI is InChI=1S/C13H19N3O4S/c1-15-8-2-3-11(10-15)9-14-21(19,20)13-6-4-12(5-7-13)16(17)18/h4-7,11,14H,2-3,8-10H2,1H3/t11-/m0/s1. The SMILES string of the molecule is CN1CCC[C@@H](CNS(=O)(=O)c2ccc([N+](=O)[O-])cc2)C1. The quantitative estimate of drug-likeness (QED) is 0.651. The topological polar surface area (TPSA) is 92.6 Å². The van der Waals surface area contributed by atoms with Crippen LogP contribution in [-0.2, 0) is 10.0 Å². The predicted molar refractivity (Wildman–Crippen MR) is 78.5 cm³/mol. The monoisotopic (exact) mass is 313 g/mol. The van der Waals surface area contributed by atoms with Crippen molar-refractivity contribution >= 4 is 15.7 Å². The van der Waals surface area contributed by atoms with Crippen LogP contribution in [0.5, 0.6) is 0 Å². The number of nitro groups is 1. The molecule has 8 heteroatoms. The second-order valence-electron chi connectivity index (χ2n) is 5.37. The number of likely N-dealkylation sites (tertiary alicyclic amines) is 1. The maximum Gasteiger partial charge on any atom is 0.269 e. The van der Waals surface area contributed by atoms with Gasteiger partial charge in [0.05, 0.1) is 9.82 Å². The fourth-order valence-electron chi connectivity index (χ4n) is 2.50. The Balaban J connectivity index is 1.99.